The van der Waals surface area contributed by atoms with Crippen LogP contribution >= 0.6 is 0 Å². The number of aromatic nitrogens is 3. The van der Waals surface area contributed by atoms with Gasteiger partial charge in [0, 0.05) is 13.1 Å². The first-order valence-electron chi connectivity index (χ1n) is 12.4. The number of piperidine rings is 1. The summed E-state index contributed by atoms with van der Waals surface area (Å²) in [6.07, 6.45) is 3.19. The summed E-state index contributed by atoms with van der Waals surface area (Å²) in [5.74, 6) is 0.0956. The van der Waals surface area contributed by atoms with Gasteiger partial charge in [-0.25, -0.2) is 9.67 Å². The summed E-state index contributed by atoms with van der Waals surface area (Å²) in [5.41, 5.74) is 3.69. The van der Waals surface area contributed by atoms with Gasteiger partial charge in [0.05, 0.1) is 18.8 Å². The summed E-state index contributed by atoms with van der Waals surface area (Å²) in [6.45, 7) is 1.15. The lowest BCUT2D eigenvalue weighted by molar-refractivity contribution is -0.141. The first kappa shape index (κ1) is 24.6. The number of rotatable bonds is 7. The highest BCUT2D eigenvalue weighted by Crippen LogP contribution is 2.44. The second-order valence-corrected chi connectivity index (χ2v) is 9.11. The number of likely N-dealkylation sites (tertiary alicyclic amines) is 1. The molecule has 4 aromatic rings. The van der Waals surface area contributed by atoms with E-state index in [1.807, 2.05) is 24.3 Å². The Balaban J connectivity index is 1.64. The first-order chi connectivity index (χ1) is 18.1. The van der Waals surface area contributed by atoms with Crippen molar-refractivity contribution in [2.24, 2.45) is 0 Å². The quantitative estimate of drug-likeness (QED) is 0.310. The minimum Gasteiger partial charge on any atom is -0.468 e. The van der Waals surface area contributed by atoms with E-state index in [0.717, 1.165) is 22.3 Å². The van der Waals surface area contributed by atoms with E-state index in [-0.39, 0.29) is 6.54 Å². The molecule has 0 spiro atoms. The summed E-state index contributed by atoms with van der Waals surface area (Å²) in [5, 5.41) is 15.2. The number of ether oxygens (including phenoxy) is 1. The second-order valence-electron chi connectivity index (χ2n) is 9.11. The molecule has 0 amide bonds. The van der Waals surface area contributed by atoms with Gasteiger partial charge >= 0.3 is 5.97 Å². The SMILES string of the molecule is COC(=O)Cn1ncnc1C=C1CN(C(c2ccccc2)(c2ccccc2)c2ccccc2)CCC1O. The second kappa shape index (κ2) is 10.9. The average Bonchev–Trinajstić information content (AvgIpc) is 3.38. The number of esters is 1. The van der Waals surface area contributed by atoms with E-state index >= 15 is 0 Å². The summed E-state index contributed by atoms with van der Waals surface area (Å²) >= 11 is 0. The number of hydrogen-bond donors (Lipinski definition) is 1. The van der Waals surface area contributed by atoms with Crippen LogP contribution in [0, 0.1) is 0 Å². The van der Waals surface area contributed by atoms with Crippen molar-refractivity contribution in [3.05, 3.63) is 125 Å². The number of hydrogen-bond acceptors (Lipinski definition) is 6. The van der Waals surface area contributed by atoms with Gasteiger partial charge < -0.3 is 9.84 Å². The molecular weight excluding hydrogens is 464 g/mol. The molecule has 0 radical (unpaired) electrons. The standard InChI is InChI=1S/C30H30N4O3/c1-37-29(36)21-34-28(31-22-32-34)19-23-20-33(18-17-27(23)35)30(24-11-5-2-6-12-24,25-13-7-3-8-14-25)26-15-9-4-10-16-26/h2-16,19,22,27,35H,17-18,20-21H2,1H3. The van der Waals surface area contributed by atoms with Crippen LogP contribution in [0.4, 0.5) is 0 Å². The zero-order chi connectivity index (χ0) is 25.7. The first-order valence-corrected chi connectivity index (χ1v) is 12.4. The molecule has 1 aromatic heterocycles. The van der Waals surface area contributed by atoms with Crippen molar-refractivity contribution >= 4 is 12.0 Å². The van der Waals surface area contributed by atoms with E-state index in [2.05, 4.69) is 87.8 Å². The van der Waals surface area contributed by atoms with Gasteiger partial charge in [-0.3, -0.25) is 9.69 Å². The monoisotopic (exact) mass is 494 g/mol. The van der Waals surface area contributed by atoms with E-state index in [1.54, 1.807) is 0 Å². The molecule has 7 heteroatoms. The lowest BCUT2D eigenvalue weighted by Gasteiger charge is -2.48. The predicted molar refractivity (Wildman–Crippen MR) is 141 cm³/mol. The lowest BCUT2D eigenvalue weighted by atomic mass is 9.74. The van der Waals surface area contributed by atoms with Crippen molar-refractivity contribution in [2.45, 2.75) is 24.6 Å². The molecule has 188 valence electrons. The molecule has 1 fully saturated rings. The number of methoxy groups -OCH3 is 1. The molecule has 1 aliphatic rings. The van der Waals surface area contributed by atoms with E-state index in [1.165, 1.54) is 18.1 Å². The van der Waals surface area contributed by atoms with E-state index < -0.39 is 17.6 Å². The minimum absolute atomic E-state index is 0.0442. The van der Waals surface area contributed by atoms with Crippen molar-refractivity contribution in [1.82, 2.24) is 19.7 Å². The van der Waals surface area contributed by atoms with Crippen LogP contribution in [0.25, 0.3) is 6.08 Å². The molecule has 1 unspecified atom stereocenters. The third kappa shape index (κ3) is 4.83. The van der Waals surface area contributed by atoms with Gasteiger partial charge in [0.15, 0.2) is 5.82 Å². The highest BCUT2D eigenvalue weighted by molar-refractivity contribution is 5.69. The van der Waals surface area contributed by atoms with Crippen LogP contribution in [-0.4, -0.2) is 57.0 Å². The van der Waals surface area contributed by atoms with Gasteiger partial charge in [-0.1, -0.05) is 91.0 Å². The zero-order valence-corrected chi connectivity index (χ0v) is 20.8. The van der Waals surface area contributed by atoms with Crippen LogP contribution in [0.3, 0.4) is 0 Å². The topological polar surface area (TPSA) is 80.5 Å². The summed E-state index contributed by atoms with van der Waals surface area (Å²) in [4.78, 5) is 18.6. The number of aliphatic hydroxyl groups is 1. The fourth-order valence-corrected chi connectivity index (χ4v) is 5.24. The number of nitrogens with zero attached hydrogens (tertiary/aromatic N) is 4. The maximum atomic E-state index is 11.9. The normalized spacial score (nSPS) is 17.6. The molecule has 0 aliphatic carbocycles. The van der Waals surface area contributed by atoms with Crippen LogP contribution in [0.2, 0.25) is 0 Å². The van der Waals surface area contributed by atoms with Crippen molar-refractivity contribution < 1.29 is 14.6 Å². The molecule has 7 nitrogen and oxygen atoms in total. The smallest absolute Gasteiger partial charge is 0.327 e. The Kier molecular flexibility index (Phi) is 7.25. The van der Waals surface area contributed by atoms with Crippen LogP contribution in [0.15, 0.2) is 103 Å². The molecule has 1 N–H and O–H groups in total. The van der Waals surface area contributed by atoms with E-state index in [9.17, 15) is 9.90 Å². The molecule has 1 atom stereocenters. The molecule has 0 saturated carbocycles. The number of aliphatic hydroxyl groups excluding tert-OH is 1. The Morgan fingerprint density at radius 3 is 2.03 bits per heavy atom. The Morgan fingerprint density at radius 1 is 0.973 bits per heavy atom. The molecule has 1 aliphatic heterocycles. The molecule has 1 saturated heterocycles. The highest BCUT2D eigenvalue weighted by Gasteiger charge is 2.44. The predicted octanol–water partition coefficient (Wildman–Crippen LogP) is 3.89. The van der Waals surface area contributed by atoms with Crippen LogP contribution in [0.1, 0.15) is 28.9 Å². The number of benzene rings is 3. The van der Waals surface area contributed by atoms with Crippen LogP contribution < -0.4 is 0 Å². The Hall–Kier alpha value is -4.07. The summed E-state index contributed by atoms with van der Waals surface area (Å²) in [6, 6.07) is 31.5. The van der Waals surface area contributed by atoms with Crippen LogP contribution in [0.5, 0.6) is 0 Å². The van der Waals surface area contributed by atoms with Crippen LogP contribution in [-0.2, 0) is 21.6 Å². The molecule has 5 rings (SSSR count). The van der Waals surface area contributed by atoms with Crippen molar-refractivity contribution in [1.29, 1.82) is 0 Å². The Labute approximate surface area is 216 Å². The average molecular weight is 495 g/mol. The number of carbonyl (C=O) groups excluding carboxylic acids is 1. The highest BCUT2D eigenvalue weighted by atomic mass is 16.5. The van der Waals surface area contributed by atoms with Gasteiger partial charge in [0.2, 0.25) is 0 Å². The van der Waals surface area contributed by atoms with Crippen molar-refractivity contribution in [3.63, 3.8) is 0 Å². The molecule has 2 heterocycles. The molecule has 0 bridgehead atoms. The van der Waals surface area contributed by atoms with Gasteiger partial charge in [-0.05, 0) is 34.8 Å². The molecular formula is C30H30N4O3. The van der Waals surface area contributed by atoms with E-state index in [4.69, 9.17) is 4.74 Å². The van der Waals surface area contributed by atoms with Crippen molar-refractivity contribution in [3.8, 4) is 0 Å². The maximum absolute atomic E-state index is 11.9. The number of carbonyl (C=O) groups is 1. The van der Waals surface area contributed by atoms with Gasteiger partial charge in [0.25, 0.3) is 0 Å². The Bertz CT molecular complexity index is 1260. The summed E-state index contributed by atoms with van der Waals surface area (Å²) in [7, 11) is 1.34. The lowest BCUT2D eigenvalue weighted by Crippen LogP contribution is -2.52. The molecule has 37 heavy (non-hydrogen) atoms. The van der Waals surface area contributed by atoms with Gasteiger partial charge in [0.1, 0.15) is 12.9 Å². The molecule has 3 aromatic carbocycles. The largest absolute Gasteiger partial charge is 0.468 e. The third-order valence-corrected chi connectivity index (χ3v) is 6.99. The van der Waals surface area contributed by atoms with Gasteiger partial charge in [-0.15, -0.1) is 0 Å². The van der Waals surface area contributed by atoms with E-state index in [0.29, 0.717) is 25.3 Å². The summed E-state index contributed by atoms with van der Waals surface area (Å²) < 4.78 is 6.28. The minimum atomic E-state index is -0.625. The maximum Gasteiger partial charge on any atom is 0.327 e. The Morgan fingerprint density at radius 2 is 1.51 bits per heavy atom. The third-order valence-electron chi connectivity index (χ3n) is 6.99. The van der Waals surface area contributed by atoms with Crippen molar-refractivity contribution in [2.75, 3.05) is 20.2 Å². The fourth-order valence-electron chi connectivity index (χ4n) is 5.24. The van der Waals surface area contributed by atoms with Gasteiger partial charge in [-0.2, -0.15) is 5.10 Å². The fraction of sp³-hybridized carbons (Fsp3) is 0.233. The zero-order valence-electron chi connectivity index (χ0n) is 20.8.